The first-order valence-corrected chi connectivity index (χ1v) is 8.86. The van der Waals surface area contributed by atoms with E-state index in [1.54, 1.807) is 7.11 Å². The van der Waals surface area contributed by atoms with E-state index >= 15 is 0 Å². The highest BCUT2D eigenvalue weighted by Crippen LogP contribution is 2.54. The summed E-state index contributed by atoms with van der Waals surface area (Å²) in [5.41, 5.74) is 10.7. The molecule has 2 aromatic carbocycles. The lowest BCUT2D eigenvalue weighted by Crippen LogP contribution is -2.30. The molecular weight excluding hydrogens is 352 g/mol. The lowest BCUT2D eigenvalue weighted by atomic mass is 9.77. The molecule has 0 radical (unpaired) electrons. The van der Waals surface area contributed by atoms with Gasteiger partial charge in [0, 0.05) is 12.0 Å². The SMILES string of the molecule is CCC1(CC)CN(c2ccccc2N)c2c1ccc(Br)c2OC. The van der Waals surface area contributed by atoms with E-state index in [1.165, 1.54) is 5.56 Å². The molecule has 1 heterocycles. The zero-order valence-electron chi connectivity index (χ0n) is 13.9. The maximum absolute atomic E-state index is 6.26. The summed E-state index contributed by atoms with van der Waals surface area (Å²) in [7, 11) is 1.73. The fourth-order valence-corrected chi connectivity index (χ4v) is 4.18. The number of anilines is 3. The van der Waals surface area contributed by atoms with Gasteiger partial charge in [0.15, 0.2) is 5.75 Å². The van der Waals surface area contributed by atoms with Crippen molar-refractivity contribution in [3.8, 4) is 5.75 Å². The van der Waals surface area contributed by atoms with Gasteiger partial charge in [-0.3, -0.25) is 0 Å². The summed E-state index contributed by atoms with van der Waals surface area (Å²) in [4.78, 5) is 2.32. The molecule has 0 spiro atoms. The lowest BCUT2D eigenvalue weighted by Gasteiger charge is -2.28. The first kappa shape index (κ1) is 16.2. The van der Waals surface area contributed by atoms with Crippen molar-refractivity contribution < 1.29 is 4.74 Å². The molecule has 2 N–H and O–H groups in total. The normalized spacial score (nSPS) is 15.6. The van der Waals surface area contributed by atoms with Gasteiger partial charge in [-0.15, -0.1) is 0 Å². The van der Waals surface area contributed by atoms with Crippen LogP contribution in [-0.4, -0.2) is 13.7 Å². The summed E-state index contributed by atoms with van der Waals surface area (Å²) in [6, 6.07) is 12.4. The van der Waals surface area contributed by atoms with E-state index in [4.69, 9.17) is 10.5 Å². The van der Waals surface area contributed by atoms with Crippen LogP contribution < -0.4 is 15.4 Å². The topological polar surface area (TPSA) is 38.5 Å². The molecule has 0 aliphatic carbocycles. The van der Waals surface area contributed by atoms with Crippen LogP contribution in [0, 0.1) is 0 Å². The van der Waals surface area contributed by atoms with E-state index in [0.29, 0.717) is 0 Å². The highest BCUT2D eigenvalue weighted by Gasteiger charge is 2.43. The molecule has 2 aromatic rings. The molecule has 0 unspecified atom stereocenters. The summed E-state index contributed by atoms with van der Waals surface area (Å²) in [6.07, 6.45) is 2.18. The molecule has 0 fully saturated rings. The lowest BCUT2D eigenvalue weighted by molar-refractivity contribution is 0.412. The third-order valence-corrected chi connectivity index (χ3v) is 5.80. The molecule has 0 aromatic heterocycles. The number of hydrogen-bond acceptors (Lipinski definition) is 3. The Hall–Kier alpha value is -1.68. The van der Waals surface area contributed by atoms with E-state index in [1.807, 2.05) is 18.2 Å². The van der Waals surface area contributed by atoms with Gasteiger partial charge < -0.3 is 15.4 Å². The van der Waals surface area contributed by atoms with E-state index < -0.39 is 0 Å². The molecule has 1 aliphatic rings. The minimum absolute atomic E-state index is 0.131. The average Bonchev–Trinajstić information content (AvgIpc) is 2.90. The van der Waals surface area contributed by atoms with Crippen molar-refractivity contribution in [1.82, 2.24) is 0 Å². The second kappa shape index (κ2) is 6.08. The van der Waals surface area contributed by atoms with Crippen molar-refractivity contribution >= 4 is 33.0 Å². The molecule has 0 atom stereocenters. The van der Waals surface area contributed by atoms with Crippen LogP contribution in [0.25, 0.3) is 0 Å². The summed E-state index contributed by atoms with van der Waals surface area (Å²) in [6.45, 7) is 5.45. The number of ether oxygens (including phenoxy) is 1. The highest BCUT2D eigenvalue weighted by atomic mass is 79.9. The quantitative estimate of drug-likeness (QED) is 0.742. The third kappa shape index (κ3) is 2.40. The summed E-state index contributed by atoms with van der Waals surface area (Å²) >= 11 is 3.63. The van der Waals surface area contributed by atoms with E-state index in [0.717, 1.165) is 46.7 Å². The number of nitrogens with two attached hydrogens (primary N) is 1. The monoisotopic (exact) mass is 374 g/mol. The Morgan fingerprint density at radius 1 is 1.17 bits per heavy atom. The largest absolute Gasteiger partial charge is 0.493 e. The Morgan fingerprint density at radius 3 is 2.48 bits per heavy atom. The van der Waals surface area contributed by atoms with Crippen molar-refractivity contribution in [2.75, 3.05) is 24.3 Å². The molecule has 3 nitrogen and oxygen atoms in total. The molecule has 0 bridgehead atoms. The van der Waals surface area contributed by atoms with Gasteiger partial charge in [0.1, 0.15) is 0 Å². The van der Waals surface area contributed by atoms with Gasteiger partial charge in [0.25, 0.3) is 0 Å². The molecule has 0 saturated heterocycles. The molecule has 23 heavy (non-hydrogen) atoms. The van der Waals surface area contributed by atoms with E-state index in [-0.39, 0.29) is 5.41 Å². The fraction of sp³-hybridized carbons (Fsp3) is 0.368. The number of nitrogens with zero attached hydrogens (tertiary/aromatic N) is 1. The number of nitrogen functional groups attached to an aromatic ring is 1. The van der Waals surface area contributed by atoms with Crippen molar-refractivity contribution in [2.24, 2.45) is 0 Å². The Labute approximate surface area is 146 Å². The Balaban J connectivity index is 2.27. The number of halogens is 1. The third-order valence-electron chi connectivity index (χ3n) is 5.17. The summed E-state index contributed by atoms with van der Waals surface area (Å²) in [5.74, 6) is 0.884. The van der Waals surface area contributed by atoms with Crippen molar-refractivity contribution in [3.05, 3.63) is 46.4 Å². The van der Waals surface area contributed by atoms with E-state index in [9.17, 15) is 0 Å². The molecule has 3 rings (SSSR count). The molecule has 1 aliphatic heterocycles. The number of methoxy groups -OCH3 is 1. The van der Waals surface area contributed by atoms with Crippen LogP contribution in [0.1, 0.15) is 32.3 Å². The van der Waals surface area contributed by atoms with Gasteiger partial charge in [0.05, 0.1) is 28.6 Å². The molecule has 0 amide bonds. The second-order valence-electron chi connectivity index (χ2n) is 6.11. The highest BCUT2D eigenvalue weighted by molar-refractivity contribution is 9.10. The van der Waals surface area contributed by atoms with Crippen LogP contribution in [-0.2, 0) is 5.41 Å². The minimum atomic E-state index is 0.131. The molecular formula is C19H23BrN2O. The number of hydrogen-bond donors (Lipinski definition) is 1. The van der Waals surface area contributed by atoms with Gasteiger partial charge in [-0.25, -0.2) is 0 Å². The summed E-state index contributed by atoms with van der Waals surface area (Å²) in [5, 5.41) is 0. The van der Waals surface area contributed by atoms with Gasteiger partial charge in [-0.05, 0) is 52.5 Å². The van der Waals surface area contributed by atoms with Gasteiger partial charge in [0.2, 0.25) is 0 Å². The van der Waals surface area contributed by atoms with Crippen LogP contribution in [0.15, 0.2) is 40.9 Å². The number of benzene rings is 2. The zero-order chi connectivity index (χ0) is 16.6. The minimum Gasteiger partial charge on any atom is -0.493 e. The average molecular weight is 375 g/mol. The van der Waals surface area contributed by atoms with Gasteiger partial charge in [-0.1, -0.05) is 32.0 Å². The van der Waals surface area contributed by atoms with Gasteiger partial charge in [-0.2, -0.15) is 0 Å². The zero-order valence-corrected chi connectivity index (χ0v) is 15.5. The van der Waals surface area contributed by atoms with Crippen LogP contribution in [0.2, 0.25) is 0 Å². The van der Waals surface area contributed by atoms with Crippen molar-refractivity contribution in [1.29, 1.82) is 0 Å². The number of para-hydroxylation sites is 2. The van der Waals surface area contributed by atoms with Gasteiger partial charge >= 0.3 is 0 Å². The van der Waals surface area contributed by atoms with Crippen LogP contribution in [0.4, 0.5) is 17.1 Å². The van der Waals surface area contributed by atoms with Crippen LogP contribution in [0.5, 0.6) is 5.75 Å². The van der Waals surface area contributed by atoms with E-state index in [2.05, 4.69) is 52.9 Å². The smallest absolute Gasteiger partial charge is 0.156 e. The maximum atomic E-state index is 6.26. The second-order valence-corrected chi connectivity index (χ2v) is 6.96. The standard InChI is InChI=1S/C19H23BrN2O/c1-4-19(5-2)12-22(16-9-7-6-8-15(16)21)17-13(19)10-11-14(20)18(17)23-3/h6-11H,4-5,12,21H2,1-3H3. The Morgan fingerprint density at radius 2 is 1.87 bits per heavy atom. The van der Waals surface area contributed by atoms with Crippen LogP contribution >= 0.6 is 15.9 Å². The fourth-order valence-electron chi connectivity index (χ4n) is 3.70. The number of rotatable bonds is 4. The Kier molecular flexibility index (Phi) is 4.28. The maximum Gasteiger partial charge on any atom is 0.156 e. The first-order valence-electron chi connectivity index (χ1n) is 8.07. The molecule has 0 saturated carbocycles. The van der Waals surface area contributed by atoms with Crippen molar-refractivity contribution in [2.45, 2.75) is 32.1 Å². The van der Waals surface area contributed by atoms with Crippen molar-refractivity contribution in [3.63, 3.8) is 0 Å². The predicted molar refractivity (Wildman–Crippen MR) is 101 cm³/mol. The van der Waals surface area contributed by atoms with Crippen LogP contribution in [0.3, 0.4) is 0 Å². The Bertz CT molecular complexity index is 725. The first-order chi connectivity index (χ1) is 11.1. The predicted octanol–water partition coefficient (Wildman–Crippen LogP) is 5.25. The molecule has 4 heteroatoms. The number of fused-ring (bicyclic) bond motifs is 1. The summed E-state index contributed by atoms with van der Waals surface area (Å²) < 4.78 is 6.71. The molecule has 122 valence electrons.